The lowest BCUT2D eigenvalue weighted by Gasteiger charge is -2.30. The normalized spacial score (nSPS) is 21.4. The Balaban J connectivity index is 1.88. The van der Waals surface area contributed by atoms with E-state index in [1.807, 2.05) is 11.7 Å². The van der Waals surface area contributed by atoms with Gasteiger partial charge in [-0.1, -0.05) is 20.8 Å². The van der Waals surface area contributed by atoms with Gasteiger partial charge in [-0.05, 0) is 7.05 Å². The molecule has 1 aliphatic rings. The Bertz CT molecular complexity index is 436. The monoisotopic (exact) mass is 280 g/mol. The molecular formula is C15H28N4O. The van der Waals surface area contributed by atoms with E-state index in [-0.39, 0.29) is 5.41 Å². The largest absolute Gasteiger partial charge is 0.374 e. The molecule has 0 radical (unpaired) electrons. The average molecular weight is 280 g/mol. The number of likely N-dealkylation sites (N-methyl/N-ethyl adjacent to an activating group) is 1. The van der Waals surface area contributed by atoms with E-state index < -0.39 is 0 Å². The summed E-state index contributed by atoms with van der Waals surface area (Å²) in [5.74, 6) is 0. The van der Waals surface area contributed by atoms with Gasteiger partial charge in [-0.25, -0.2) is 0 Å². The Morgan fingerprint density at radius 3 is 2.80 bits per heavy atom. The number of aryl methyl sites for hydroxylation is 1. The Morgan fingerprint density at radius 1 is 1.40 bits per heavy atom. The second kappa shape index (κ2) is 6.24. The van der Waals surface area contributed by atoms with Gasteiger partial charge in [-0.3, -0.25) is 4.68 Å². The van der Waals surface area contributed by atoms with Crippen LogP contribution in [0.5, 0.6) is 0 Å². The van der Waals surface area contributed by atoms with Crippen LogP contribution in [0.4, 0.5) is 0 Å². The predicted octanol–water partition coefficient (Wildman–Crippen LogP) is 1.14. The Labute approximate surface area is 122 Å². The molecule has 1 atom stereocenters. The summed E-state index contributed by atoms with van der Waals surface area (Å²) in [6, 6.07) is 0. The molecule has 1 saturated heterocycles. The van der Waals surface area contributed by atoms with Gasteiger partial charge in [0.05, 0.1) is 18.4 Å². The molecular weight excluding hydrogens is 252 g/mol. The Kier molecular flexibility index (Phi) is 4.83. The van der Waals surface area contributed by atoms with Crippen molar-refractivity contribution in [2.75, 3.05) is 33.3 Å². The molecule has 1 aromatic rings. The quantitative estimate of drug-likeness (QED) is 0.898. The summed E-state index contributed by atoms with van der Waals surface area (Å²) < 4.78 is 7.67. The molecule has 0 aromatic carbocycles. The zero-order valence-corrected chi connectivity index (χ0v) is 13.4. The molecule has 114 valence electrons. The van der Waals surface area contributed by atoms with E-state index in [9.17, 15) is 0 Å². The molecule has 0 saturated carbocycles. The molecule has 1 fully saturated rings. The maximum absolute atomic E-state index is 5.76. The summed E-state index contributed by atoms with van der Waals surface area (Å²) in [6.07, 6.45) is 2.41. The first kappa shape index (κ1) is 15.5. The molecule has 0 aliphatic carbocycles. The summed E-state index contributed by atoms with van der Waals surface area (Å²) in [7, 11) is 4.13. The summed E-state index contributed by atoms with van der Waals surface area (Å²) in [6.45, 7) is 11.2. The predicted molar refractivity (Wildman–Crippen MR) is 80.9 cm³/mol. The SMILES string of the molecule is CN1CCO[C@H](CNCc2cn(C)nc2C(C)(C)C)C1. The molecule has 5 nitrogen and oxygen atoms in total. The fraction of sp³-hybridized carbons (Fsp3) is 0.800. The lowest BCUT2D eigenvalue weighted by molar-refractivity contribution is -0.0182. The molecule has 2 rings (SSSR count). The summed E-state index contributed by atoms with van der Waals surface area (Å²) >= 11 is 0. The van der Waals surface area contributed by atoms with E-state index in [1.165, 1.54) is 11.3 Å². The third-order valence-corrected chi connectivity index (χ3v) is 3.64. The van der Waals surface area contributed by atoms with Gasteiger partial charge in [0, 0.05) is 50.4 Å². The fourth-order valence-corrected chi connectivity index (χ4v) is 2.66. The molecule has 0 unspecified atom stereocenters. The summed E-state index contributed by atoms with van der Waals surface area (Å²) in [5, 5.41) is 8.11. The van der Waals surface area contributed by atoms with E-state index in [0.29, 0.717) is 6.10 Å². The van der Waals surface area contributed by atoms with E-state index in [0.717, 1.165) is 32.8 Å². The zero-order valence-electron chi connectivity index (χ0n) is 13.4. The van der Waals surface area contributed by atoms with Crippen LogP contribution in [0.25, 0.3) is 0 Å². The number of rotatable bonds is 4. The molecule has 0 spiro atoms. The van der Waals surface area contributed by atoms with Crippen molar-refractivity contribution < 1.29 is 4.74 Å². The number of nitrogens with one attached hydrogen (secondary N) is 1. The van der Waals surface area contributed by atoms with Crippen LogP contribution in [0.1, 0.15) is 32.0 Å². The Hall–Kier alpha value is -0.910. The third-order valence-electron chi connectivity index (χ3n) is 3.64. The minimum atomic E-state index is 0.0832. The van der Waals surface area contributed by atoms with Crippen LogP contribution < -0.4 is 5.32 Å². The van der Waals surface area contributed by atoms with Crippen LogP contribution in [-0.4, -0.2) is 54.1 Å². The van der Waals surface area contributed by atoms with Crippen LogP contribution in [-0.2, 0) is 23.7 Å². The molecule has 0 bridgehead atoms. The number of morpholine rings is 1. The smallest absolute Gasteiger partial charge is 0.0826 e. The molecule has 5 heteroatoms. The minimum Gasteiger partial charge on any atom is -0.374 e. The molecule has 0 amide bonds. The van der Waals surface area contributed by atoms with Gasteiger partial charge < -0.3 is 15.0 Å². The zero-order chi connectivity index (χ0) is 14.8. The van der Waals surface area contributed by atoms with Gasteiger partial charge in [0.15, 0.2) is 0 Å². The first-order valence-electron chi connectivity index (χ1n) is 7.40. The summed E-state index contributed by atoms with van der Waals surface area (Å²) in [5.41, 5.74) is 2.54. The maximum atomic E-state index is 5.76. The van der Waals surface area contributed by atoms with E-state index in [2.05, 4.69) is 49.3 Å². The second-order valence-electron chi connectivity index (χ2n) is 6.81. The molecule has 1 aromatic heterocycles. The number of ether oxygens (including phenoxy) is 1. The Morgan fingerprint density at radius 2 is 2.15 bits per heavy atom. The molecule has 1 N–H and O–H groups in total. The number of hydrogen-bond donors (Lipinski definition) is 1. The van der Waals surface area contributed by atoms with Crippen molar-refractivity contribution in [2.45, 2.75) is 38.8 Å². The third kappa shape index (κ3) is 4.04. The number of nitrogens with zero attached hydrogens (tertiary/aromatic N) is 3. The van der Waals surface area contributed by atoms with Crippen molar-refractivity contribution in [1.82, 2.24) is 20.0 Å². The minimum absolute atomic E-state index is 0.0832. The average Bonchev–Trinajstić information content (AvgIpc) is 2.70. The van der Waals surface area contributed by atoms with Gasteiger partial charge >= 0.3 is 0 Å². The van der Waals surface area contributed by atoms with Gasteiger partial charge in [-0.2, -0.15) is 5.10 Å². The first-order valence-corrected chi connectivity index (χ1v) is 7.40. The van der Waals surface area contributed by atoms with Gasteiger partial charge in [0.25, 0.3) is 0 Å². The van der Waals surface area contributed by atoms with E-state index in [1.54, 1.807) is 0 Å². The highest BCUT2D eigenvalue weighted by molar-refractivity contribution is 5.23. The lowest BCUT2D eigenvalue weighted by atomic mass is 9.89. The maximum Gasteiger partial charge on any atom is 0.0826 e. The highest BCUT2D eigenvalue weighted by atomic mass is 16.5. The van der Waals surface area contributed by atoms with Crippen molar-refractivity contribution in [3.8, 4) is 0 Å². The standard InChI is InChI=1S/C15H28N4O/c1-15(2,3)14-12(10-19(5)17-14)8-16-9-13-11-18(4)6-7-20-13/h10,13,16H,6-9,11H2,1-5H3/t13-/m1/s1. The summed E-state index contributed by atoms with van der Waals surface area (Å²) in [4.78, 5) is 2.32. The number of aromatic nitrogens is 2. The lowest BCUT2D eigenvalue weighted by Crippen LogP contribution is -2.44. The first-order chi connectivity index (χ1) is 9.36. The van der Waals surface area contributed by atoms with Crippen molar-refractivity contribution in [3.63, 3.8) is 0 Å². The van der Waals surface area contributed by atoms with Crippen LogP contribution in [0.2, 0.25) is 0 Å². The van der Waals surface area contributed by atoms with Gasteiger partial charge in [0.1, 0.15) is 0 Å². The second-order valence-corrected chi connectivity index (χ2v) is 6.81. The highest BCUT2D eigenvalue weighted by Crippen LogP contribution is 2.23. The van der Waals surface area contributed by atoms with Crippen LogP contribution in [0.3, 0.4) is 0 Å². The number of hydrogen-bond acceptors (Lipinski definition) is 4. The van der Waals surface area contributed by atoms with Crippen LogP contribution >= 0.6 is 0 Å². The fourth-order valence-electron chi connectivity index (χ4n) is 2.66. The van der Waals surface area contributed by atoms with Crippen molar-refractivity contribution in [2.24, 2.45) is 7.05 Å². The van der Waals surface area contributed by atoms with E-state index in [4.69, 9.17) is 4.74 Å². The van der Waals surface area contributed by atoms with Crippen molar-refractivity contribution in [3.05, 3.63) is 17.5 Å². The molecule has 1 aliphatic heterocycles. The van der Waals surface area contributed by atoms with Crippen LogP contribution in [0, 0.1) is 0 Å². The van der Waals surface area contributed by atoms with Crippen molar-refractivity contribution in [1.29, 1.82) is 0 Å². The van der Waals surface area contributed by atoms with Crippen LogP contribution in [0.15, 0.2) is 6.20 Å². The highest BCUT2D eigenvalue weighted by Gasteiger charge is 2.22. The molecule has 20 heavy (non-hydrogen) atoms. The van der Waals surface area contributed by atoms with E-state index >= 15 is 0 Å². The van der Waals surface area contributed by atoms with Gasteiger partial charge in [-0.15, -0.1) is 0 Å². The topological polar surface area (TPSA) is 42.3 Å². The van der Waals surface area contributed by atoms with Gasteiger partial charge in [0.2, 0.25) is 0 Å². The molecule has 2 heterocycles. The van der Waals surface area contributed by atoms with Crippen molar-refractivity contribution >= 4 is 0 Å².